The highest BCUT2D eigenvalue weighted by atomic mass is 32.2. The molecule has 1 amide bonds. The summed E-state index contributed by atoms with van der Waals surface area (Å²) in [5, 5.41) is 17.3. The SMILES string of the molecule is COc1cccc(CNCC(O)C(Cc2ccccc2)NC(=O)Cc2ccc(SC)cc2)c1. The minimum absolute atomic E-state index is 0.0975. The van der Waals surface area contributed by atoms with Crippen LogP contribution in [0.4, 0.5) is 0 Å². The Morgan fingerprint density at radius 2 is 1.70 bits per heavy atom. The number of aliphatic hydroxyl groups excluding tert-OH is 1. The molecule has 3 aromatic carbocycles. The van der Waals surface area contributed by atoms with Gasteiger partial charge in [0.15, 0.2) is 0 Å². The van der Waals surface area contributed by atoms with Crippen molar-refractivity contribution >= 4 is 17.7 Å². The highest BCUT2D eigenvalue weighted by molar-refractivity contribution is 7.98. The lowest BCUT2D eigenvalue weighted by Crippen LogP contribution is -2.49. The molecule has 0 fully saturated rings. The minimum Gasteiger partial charge on any atom is -0.497 e. The van der Waals surface area contributed by atoms with Gasteiger partial charge in [-0.15, -0.1) is 11.8 Å². The average molecular weight is 465 g/mol. The van der Waals surface area contributed by atoms with E-state index in [2.05, 4.69) is 10.6 Å². The molecule has 0 radical (unpaired) electrons. The van der Waals surface area contributed by atoms with E-state index in [0.29, 0.717) is 19.5 Å². The Hall–Kier alpha value is -2.80. The summed E-state index contributed by atoms with van der Waals surface area (Å²) in [6, 6.07) is 25.3. The van der Waals surface area contributed by atoms with E-state index in [0.717, 1.165) is 22.4 Å². The monoisotopic (exact) mass is 464 g/mol. The largest absolute Gasteiger partial charge is 0.497 e. The molecule has 5 nitrogen and oxygen atoms in total. The lowest BCUT2D eigenvalue weighted by Gasteiger charge is -2.25. The van der Waals surface area contributed by atoms with Crippen LogP contribution in [0, 0.1) is 0 Å². The zero-order valence-corrected chi connectivity index (χ0v) is 20.0. The van der Waals surface area contributed by atoms with Gasteiger partial charge < -0.3 is 20.5 Å². The van der Waals surface area contributed by atoms with Crippen molar-refractivity contribution in [2.24, 2.45) is 0 Å². The van der Waals surface area contributed by atoms with Gasteiger partial charge in [0.25, 0.3) is 0 Å². The summed E-state index contributed by atoms with van der Waals surface area (Å²) in [5.74, 6) is 0.703. The van der Waals surface area contributed by atoms with Gasteiger partial charge in [-0.05, 0) is 53.6 Å². The third kappa shape index (κ3) is 8.24. The molecular formula is C27H32N2O3S. The number of thioether (sulfide) groups is 1. The third-order valence-corrected chi connectivity index (χ3v) is 6.19. The van der Waals surface area contributed by atoms with Crippen molar-refractivity contribution < 1.29 is 14.6 Å². The Morgan fingerprint density at radius 3 is 2.39 bits per heavy atom. The summed E-state index contributed by atoms with van der Waals surface area (Å²) < 4.78 is 5.27. The molecule has 0 spiro atoms. The molecular weight excluding hydrogens is 432 g/mol. The fraction of sp³-hybridized carbons (Fsp3) is 0.296. The van der Waals surface area contributed by atoms with E-state index >= 15 is 0 Å². The molecule has 0 saturated heterocycles. The first-order valence-electron chi connectivity index (χ1n) is 11.1. The Bertz CT molecular complexity index is 996. The van der Waals surface area contributed by atoms with Gasteiger partial charge in [-0.2, -0.15) is 0 Å². The Kier molecular flexibility index (Phi) is 9.81. The molecule has 0 bridgehead atoms. The standard InChI is InChI=1S/C27H32N2O3S/c1-32-23-10-6-9-22(15-23)18-28-19-26(30)25(16-20-7-4-3-5-8-20)29-27(31)17-21-11-13-24(33-2)14-12-21/h3-15,25-26,28,30H,16-19H2,1-2H3,(H,29,31). The average Bonchev–Trinajstić information content (AvgIpc) is 2.85. The maximum atomic E-state index is 12.8. The van der Waals surface area contributed by atoms with Gasteiger partial charge in [-0.25, -0.2) is 0 Å². The number of ether oxygens (including phenoxy) is 1. The molecule has 0 aliphatic rings. The van der Waals surface area contributed by atoms with E-state index in [-0.39, 0.29) is 12.3 Å². The van der Waals surface area contributed by atoms with Gasteiger partial charge in [0.05, 0.1) is 25.7 Å². The second kappa shape index (κ2) is 13.0. The fourth-order valence-corrected chi connectivity index (χ4v) is 4.04. The number of hydrogen-bond acceptors (Lipinski definition) is 5. The highest BCUT2D eigenvalue weighted by Gasteiger charge is 2.22. The molecule has 3 rings (SSSR count). The van der Waals surface area contributed by atoms with Crippen LogP contribution in [0.25, 0.3) is 0 Å². The van der Waals surface area contributed by atoms with Gasteiger partial charge in [0.1, 0.15) is 5.75 Å². The number of hydrogen-bond donors (Lipinski definition) is 3. The van der Waals surface area contributed by atoms with Crippen molar-refractivity contribution in [2.75, 3.05) is 19.9 Å². The van der Waals surface area contributed by atoms with Crippen molar-refractivity contribution in [3.05, 3.63) is 95.6 Å². The summed E-state index contributed by atoms with van der Waals surface area (Å²) >= 11 is 1.67. The Labute approximate surface area is 200 Å². The van der Waals surface area contributed by atoms with Crippen LogP contribution in [0.15, 0.2) is 83.8 Å². The molecule has 3 aromatic rings. The van der Waals surface area contributed by atoms with Gasteiger partial charge >= 0.3 is 0 Å². The van der Waals surface area contributed by atoms with Gasteiger partial charge in [0.2, 0.25) is 5.91 Å². The number of nitrogens with one attached hydrogen (secondary N) is 2. The summed E-state index contributed by atoms with van der Waals surface area (Å²) in [7, 11) is 1.64. The van der Waals surface area contributed by atoms with Gasteiger partial charge in [0, 0.05) is 18.0 Å². The predicted molar refractivity (Wildman–Crippen MR) is 135 cm³/mol. The first-order valence-corrected chi connectivity index (χ1v) is 12.3. The van der Waals surface area contributed by atoms with E-state index in [1.54, 1.807) is 18.9 Å². The van der Waals surface area contributed by atoms with Crippen molar-refractivity contribution in [3.63, 3.8) is 0 Å². The summed E-state index contributed by atoms with van der Waals surface area (Å²) in [6.07, 6.45) is 2.13. The summed E-state index contributed by atoms with van der Waals surface area (Å²) in [5.41, 5.74) is 3.09. The van der Waals surface area contributed by atoms with Gasteiger partial charge in [-0.1, -0.05) is 54.6 Å². The molecule has 174 valence electrons. The van der Waals surface area contributed by atoms with Crippen molar-refractivity contribution in [1.29, 1.82) is 0 Å². The quantitative estimate of drug-likeness (QED) is 0.355. The molecule has 2 atom stereocenters. The van der Waals surface area contributed by atoms with Crippen LogP contribution in [0.1, 0.15) is 16.7 Å². The fourth-order valence-electron chi connectivity index (χ4n) is 3.63. The van der Waals surface area contributed by atoms with Crippen LogP contribution < -0.4 is 15.4 Å². The molecule has 2 unspecified atom stereocenters. The smallest absolute Gasteiger partial charge is 0.224 e. The second-order valence-electron chi connectivity index (χ2n) is 7.94. The first-order chi connectivity index (χ1) is 16.1. The molecule has 3 N–H and O–H groups in total. The van der Waals surface area contributed by atoms with Crippen LogP contribution in [0.2, 0.25) is 0 Å². The number of rotatable bonds is 12. The highest BCUT2D eigenvalue weighted by Crippen LogP contribution is 2.16. The molecule has 0 saturated carbocycles. The minimum atomic E-state index is -0.737. The van der Waals surface area contributed by atoms with E-state index in [9.17, 15) is 9.90 Å². The predicted octanol–water partition coefficient (Wildman–Crippen LogP) is 3.84. The number of aliphatic hydroxyl groups is 1. The van der Waals surface area contributed by atoms with Crippen molar-refractivity contribution in [2.45, 2.75) is 36.4 Å². The van der Waals surface area contributed by atoms with E-state index in [1.807, 2.05) is 85.1 Å². The molecule has 33 heavy (non-hydrogen) atoms. The molecule has 0 aromatic heterocycles. The number of amides is 1. The molecule has 0 aliphatic carbocycles. The van der Waals surface area contributed by atoms with Crippen molar-refractivity contribution in [3.8, 4) is 5.75 Å². The summed E-state index contributed by atoms with van der Waals surface area (Å²) in [6.45, 7) is 0.958. The van der Waals surface area contributed by atoms with E-state index in [1.165, 1.54) is 4.90 Å². The van der Waals surface area contributed by atoms with Crippen LogP contribution >= 0.6 is 11.8 Å². The normalized spacial score (nSPS) is 12.7. The third-order valence-electron chi connectivity index (χ3n) is 5.45. The number of benzene rings is 3. The van der Waals surface area contributed by atoms with Crippen LogP contribution in [0.3, 0.4) is 0 Å². The van der Waals surface area contributed by atoms with Crippen LogP contribution in [-0.4, -0.2) is 43.1 Å². The van der Waals surface area contributed by atoms with Crippen LogP contribution in [-0.2, 0) is 24.2 Å². The lowest BCUT2D eigenvalue weighted by molar-refractivity contribution is -0.122. The zero-order chi connectivity index (χ0) is 23.5. The molecule has 0 heterocycles. The number of carbonyl (C=O) groups excluding carboxylic acids is 1. The second-order valence-corrected chi connectivity index (χ2v) is 8.82. The maximum absolute atomic E-state index is 12.8. The topological polar surface area (TPSA) is 70.6 Å². The Morgan fingerprint density at radius 1 is 0.970 bits per heavy atom. The number of carbonyl (C=O) groups is 1. The first kappa shape index (κ1) is 24.8. The van der Waals surface area contributed by atoms with E-state index < -0.39 is 12.1 Å². The van der Waals surface area contributed by atoms with Gasteiger partial charge in [-0.3, -0.25) is 4.79 Å². The Balaban J connectivity index is 1.60. The zero-order valence-electron chi connectivity index (χ0n) is 19.2. The molecule has 0 aliphatic heterocycles. The van der Waals surface area contributed by atoms with Crippen LogP contribution in [0.5, 0.6) is 5.75 Å². The van der Waals surface area contributed by atoms with Crippen molar-refractivity contribution in [1.82, 2.24) is 10.6 Å². The van der Waals surface area contributed by atoms with E-state index in [4.69, 9.17) is 4.74 Å². The number of methoxy groups -OCH3 is 1. The molecule has 6 heteroatoms. The summed E-state index contributed by atoms with van der Waals surface area (Å²) in [4.78, 5) is 13.9. The maximum Gasteiger partial charge on any atom is 0.224 e. The lowest BCUT2D eigenvalue weighted by atomic mass is 10.0.